The topological polar surface area (TPSA) is 273 Å². The number of pyridine rings is 2. The number of H-pyrrole nitrogens is 2. The Labute approximate surface area is 446 Å². The molecular weight excluding hydrogens is 969 g/mol. The number of aryl methyl sites for hydroxylation is 2. The van der Waals surface area contributed by atoms with Crippen molar-refractivity contribution in [2.24, 2.45) is 32.5 Å². The highest BCUT2D eigenvalue weighted by atomic mass is 16.4. The van der Waals surface area contributed by atoms with Gasteiger partial charge in [0.2, 0.25) is 23.6 Å². The van der Waals surface area contributed by atoms with E-state index in [-0.39, 0.29) is 23.6 Å². The maximum absolute atomic E-state index is 13.8. The van der Waals surface area contributed by atoms with Gasteiger partial charge in [-0.3, -0.25) is 28.8 Å². The summed E-state index contributed by atoms with van der Waals surface area (Å²) in [5.74, 6) is -0.936. The van der Waals surface area contributed by atoms with Gasteiger partial charge in [-0.2, -0.15) is 0 Å². The minimum atomic E-state index is -1.02. The number of imide groups is 2. The minimum absolute atomic E-state index is 0.0126. The average molecular weight is 1050 g/mol. The first-order valence-electron chi connectivity index (χ1n) is 28.5. The summed E-state index contributed by atoms with van der Waals surface area (Å²) in [6.45, 7) is 3.89. The molecule has 0 aromatic carbocycles. The van der Waals surface area contributed by atoms with E-state index in [2.05, 4.69) is 29.9 Å². The second kappa shape index (κ2) is 23.1. The molecule has 6 aliphatic carbocycles. The van der Waals surface area contributed by atoms with E-state index in [4.69, 9.17) is 10.2 Å². The zero-order valence-corrected chi connectivity index (χ0v) is 45.4. The van der Waals surface area contributed by atoms with Crippen molar-refractivity contribution in [2.75, 3.05) is 24.0 Å². The van der Waals surface area contributed by atoms with Crippen LogP contribution in [0.4, 0.5) is 11.6 Å². The van der Waals surface area contributed by atoms with Gasteiger partial charge in [0.05, 0.1) is 56.2 Å². The highest BCUT2D eigenvalue weighted by Crippen LogP contribution is 2.65. The van der Waals surface area contributed by atoms with Crippen molar-refractivity contribution in [2.45, 2.75) is 206 Å². The van der Waals surface area contributed by atoms with Crippen LogP contribution in [0, 0.1) is 46.3 Å². The predicted octanol–water partition coefficient (Wildman–Crippen LogP) is 10.4. The Morgan fingerprint density at radius 1 is 0.408 bits per heavy atom. The Bertz CT molecular complexity index is 2490. The fourth-order valence-electron chi connectivity index (χ4n) is 16.2. The monoisotopic (exact) mass is 1050 g/mol. The summed E-state index contributed by atoms with van der Waals surface area (Å²) in [4.78, 5) is 106. The second-order valence-corrected chi connectivity index (χ2v) is 23.1. The molecule has 0 atom stereocenters. The third-order valence-electron chi connectivity index (χ3n) is 19.9. The maximum atomic E-state index is 13.8. The SMILES string of the molecule is CO.CO.Cc1cnc(N2C(=O)C3(CCCCC3)C3(CCCCC3)C2=O)c2[nH]cnc12.Cc1cnc(N2C(=O)C3(CCCCC3)C3(CCCCC3)C2=O)c2[nH]cnc12.O=C(O)C1(C2(C(=O)O)CCCCC2)CCCCC1. The van der Waals surface area contributed by atoms with Crippen LogP contribution in [0.3, 0.4) is 0 Å². The molecule has 4 spiro atoms. The number of nitrogens with zero attached hydrogens (tertiary/aromatic N) is 6. The largest absolute Gasteiger partial charge is 0.481 e. The lowest BCUT2D eigenvalue weighted by atomic mass is 9.52. The Morgan fingerprint density at radius 2 is 0.645 bits per heavy atom. The maximum Gasteiger partial charge on any atom is 0.310 e. The number of aliphatic carboxylic acids is 2. The van der Waals surface area contributed by atoms with E-state index in [1.807, 2.05) is 13.8 Å². The van der Waals surface area contributed by atoms with Gasteiger partial charge >= 0.3 is 11.9 Å². The Morgan fingerprint density at radius 3 is 0.882 bits per heavy atom. The molecule has 18 nitrogen and oxygen atoms in total. The fourth-order valence-corrected chi connectivity index (χ4v) is 16.2. The van der Waals surface area contributed by atoms with Crippen LogP contribution in [0.25, 0.3) is 22.1 Å². The lowest BCUT2D eigenvalue weighted by molar-refractivity contribution is -0.182. The van der Waals surface area contributed by atoms with Gasteiger partial charge in [0, 0.05) is 26.6 Å². The van der Waals surface area contributed by atoms with Crippen molar-refractivity contribution in [1.29, 1.82) is 0 Å². The van der Waals surface area contributed by atoms with Crippen molar-refractivity contribution in [3.63, 3.8) is 0 Å². The lowest BCUT2D eigenvalue weighted by Gasteiger charge is -2.49. The number of carboxylic acid groups (broad SMARTS) is 2. The lowest BCUT2D eigenvalue weighted by Crippen LogP contribution is -2.54. The zero-order chi connectivity index (χ0) is 54.5. The van der Waals surface area contributed by atoms with Crippen LogP contribution in [-0.2, 0) is 28.8 Å². The van der Waals surface area contributed by atoms with Crippen LogP contribution < -0.4 is 9.80 Å². The molecule has 2 aliphatic heterocycles. The normalized spacial score (nSPS) is 23.8. The number of anilines is 2. The molecule has 8 fully saturated rings. The van der Waals surface area contributed by atoms with Gasteiger partial charge in [-0.15, -0.1) is 0 Å². The third-order valence-corrected chi connectivity index (χ3v) is 19.9. The summed E-state index contributed by atoms with van der Waals surface area (Å²) in [5, 5.41) is 33.4. The van der Waals surface area contributed by atoms with Crippen molar-refractivity contribution >= 4 is 69.3 Å². The van der Waals surface area contributed by atoms with Crippen LogP contribution in [0.5, 0.6) is 0 Å². The fraction of sp³-hybridized carbons (Fsp3) is 0.690. The molecule has 4 aromatic heterocycles. The van der Waals surface area contributed by atoms with E-state index in [1.54, 1.807) is 25.0 Å². The molecule has 4 aromatic rings. The zero-order valence-electron chi connectivity index (χ0n) is 45.4. The van der Waals surface area contributed by atoms with Crippen LogP contribution >= 0.6 is 0 Å². The average Bonchev–Trinajstić information content (AvgIpc) is 4.25. The van der Waals surface area contributed by atoms with Crippen molar-refractivity contribution < 1.29 is 49.2 Å². The number of carbonyl (C=O) groups excluding carboxylic acids is 4. The molecule has 8 aliphatic rings. The van der Waals surface area contributed by atoms with Crippen LogP contribution in [-0.4, -0.2) is 100 Å². The molecule has 2 saturated heterocycles. The number of rotatable bonds is 5. The van der Waals surface area contributed by atoms with E-state index in [0.29, 0.717) is 48.4 Å². The van der Waals surface area contributed by atoms with Gasteiger partial charge in [-0.25, -0.2) is 29.7 Å². The van der Waals surface area contributed by atoms with Gasteiger partial charge in [0.25, 0.3) is 0 Å². The van der Waals surface area contributed by atoms with Gasteiger partial charge in [-0.1, -0.05) is 116 Å². The van der Waals surface area contributed by atoms with E-state index in [9.17, 15) is 39.0 Å². The van der Waals surface area contributed by atoms with Crippen LogP contribution in [0.15, 0.2) is 25.0 Å². The van der Waals surface area contributed by atoms with Gasteiger partial charge in [-0.05, 0) is 102 Å². The number of nitrogens with one attached hydrogen (secondary N) is 2. The van der Waals surface area contributed by atoms with E-state index in [1.165, 1.54) is 9.80 Å². The van der Waals surface area contributed by atoms with Crippen LogP contribution in [0.1, 0.15) is 204 Å². The minimum Gasteiger partial charge on any atom is -0.481 e. The number of carboxylic acids is 2. The molecule has 0 radical (unpaired) electrons. The van der Waals surface area contributed by atoms with Crippen LogP contribution in [0.2, 0.25) is 0 Å². The first-order chi connectivity index (χ1) is 36.8. The molecule has 4 amide bonds. The number of amides is 4. The summed E-state index contributed by atoms with van der Waals surface area (Å²) in [6, 6.07) is 0. The first-order valence-corrected chi connectivity index (χ1v) is 28.5. The number of aromatic amines is 2. The number of fused-ring (bicyclic) bond motifs is 4. The van der Waals surface area contributed by atoms with E-state index < -0.39 is 44.4 Å². The molecule has 76 heavy (non-hydrogen) atoms. The molecule has 0 unspecified atom stereocenters. The van der Waals surface area contributed by atoms with Crippen molar-refractivity contribution in [3.8, 4) is 0 Å². The molecule has 6 saturated carbocycles. The van der Waals surface area contributed by atoms with Gasteiger partial charge < -0.3 is 30.4 Å². The third kappa shape index (κ3) is 8.84. The molecular formula is C58H82N8O10. The van der Waals surface area contributed by atoms with Crippen molar-refractivity contribution in [1.82, 2.24) is 29.9 Å². The Kier molecular flexibility index (Phi) is 17.2. The summed E-state index contributed by atoms with van der Waals surface area (Å²) in [7, 11) is 2.00. The number of hydrogen-bond acceptors (Lipinski definition) is 12. The number of carbonyl (C=O) groups is 6. The molecule has 12 rings (SSSR count). The van der Waals surface area contributed by atoms with E-state index >= 15 is 0 Å². The number of aliphatic hydroxyl groups excluding tert-OH is 2. The number of aliphatic hydroxyl groups is 2. The summed E-state index contributed by atoms with van der Waals surface area (Å²) in [5.41, 5.74) is 0.682. The summed E-state index contributed by atoms with van der Waals surface area (Å²) in [6.07, 6.45) is 33.9. The molecule has 0 bridgehead atoms. The van der Waals surface area contributed by atoms with Crippen molar-refractivity contribution in [3.05, 3.63) is 36.2 Å². The number of hydrogen-bond donors (Lipinski definition) is 6. The molecule has 6 heterocycles. The smallest absolute Gasteiger partial charge is 0.310 e. The summed E-state index contributed by atoms with van der Waals surface area (Å²) < 4.78 is 0. The summed E-state index contributed by atoms with van der Waals surface area (Å²) >= 11 is 0. The second-order valence-electron chi connectivity index (χ2n) is 23.1. The van der Waals surface area contributed by atoms with Gasteiger partial charge in [0.15, 0.2) is 11.6 Å². The predicted molar refractivity (Wildman–Crippen MR) is 287 cm³/mol. The highest BCUT2D eigenvalue weighted by molar-refractivity contribution is 6.28. The highest BCUT2D eigenvalue weighted by Gasteiger charge is 2.70. The molecule has 18 heteroatoms. The Balaban J connectivity index is 0.000000149. The van der Waals surface area contributed by atoms with Gasteiger partial charge in [0.1, 0.15) is 11.0 Å². The standard InChI is InChI=1S/2C21H26N4O2.C14H22O4.2CH4O/c2*1-14-12-22-17(16-15(14)23-13-24-16)25-18(26)20(8-4-2-5-9-20)21(19(25)27)10-6-3-7-11-21;15-11(16)13(7-3-1-4-8-13)14(12(17)18)9-5-2-6-10-14;2*1-2/h2*12-13H,2-11H2,1H3,(H,23,24);1-10H2,(H,15,16)(H,17,18);2*2H,1H3. The number of imidazole rings is 2. The first kappa shape index (κ1) is 56.6. The molecule has 414 valence electrons. The quantitative estimate of drug-likeness (QED) is 0.102. The van der Waals surface area contributed by atoms with E-state index in [0.717, 1.165) is 203 Å². The Hall–Kier alpha value is -5.62. The molecule has 6 N–H and O–H groups in total. The number of aromatic nitrogens is 6.